The van der Waals surface area contributed by atoms with E-state index in [4.69, 9.17) is 0 Å². The minimum absolute atomic E-state index is 0.0617. The molecule has 1 fully saturated rings. The number of pyridine rings is 1. The van der Waals surface area contributed by atoms with Gasteiger partial charge in [0, 0.05) is 56.1 Å². The third-order valence-corrected chi connectivity index (χ3v) is 4.91. The molecule has 0 unspecified atom stereocenters. The molecule has 1 aromatic heterocycles. The van der Waals surface area contributed by atoms with E-state index < -0.39 is 0 Å². The monoisotopic (exact) mass is 322 g/mol. The number of piperazine rings is 1. The average molecular weight is 322 g/mol. The number of hydrogen-bond donors (Lipinski definition) is 0. The molecule has 2 aromatic rings. The summed E-state index contributed by atoms with van der Waals surface area (Å²) in [6, 6.07) is 7.95. The second kappa shape index (κ2) is 6.24. The second-order valence-electron chi connectivity index (χ2n) is 6.49. The second-order valence-corrected chi connectivity index (χ2v) is 6.49. The van der Waals surface area contributed by atoms with Gasteiger partial charge in [-0.3, -0.25) is 9.78 Å². The van der Waals surface area contributed by atoms with Crippen molar-refractivity contribution in [3.8, 4) is 0 Å². The topological polar surface area (TPSA) is 39.7 Å². The maximum absolute atomic E-state index is 12.8. The van der Waals surface area contributed by atoms with Gasteiger partial charge in [0.25, 0.3) is 5.91 Å². The maximum Gasteiger partial charge on any atom is 0.258 e. The normalized spacial score (nSPS) is 18.5. The Morgan fingerprint density at radius 1 is 1.08 bits per heavy atom. The molecule has 0 spiro atoms. The summed E-state index contributed by atoms with van der Waals surface area (Å²) >= 11 is 0. The summed E-state index contributed by atoms with van der Waals surface area (Å²) in [6.07, 6.45) is 6.67. The lowest BCUT2D eigenvalue weighted by Crippen LogP contribution is -2.44. The number of hydrogen-bond acceptors (Lipinski definition) is 4. The predicted molar refractivity (Wildman–Crippen MR) is 96.2 cm³/mol. The fourth-order valence-electron chi connectivity index (χ4n) is 3.46. The highest BCUT2D eigenvalue weighted by atomic mass is 16.2. The van der Waals surface area contributed by atoms with Gasteiger partial charge in [0.2, 0.25) is 0 Å². The van der Waals surface area contributed by atoms with Gasteiger partial charge in [0.05, 0.1) is 11.2 Å². The molecule has 5 heteroatoms. The molecule has 5 nitrogen and oxygen atoms in total. The third kappa shape index (κ3) is 2.65. The zero-order chi connectivity index (χ0) is 16.5. The molecule has 2 aliphatic heterocycles. The first-order valence-electron chi connectivity index (χ1n) is 8.53. The lowest BCUT2D eigenvalue weighted by atomic mass is 10.0. The van der Waals surface area contributed by atoms with E-state index >= 15 is 0 Å². The van der Waals surface area contributed by atoms with Gasteiger partial charge in [0.15, 0.2) is 0 Å². The van der Waals surface area contributed by atoms with E-state index in [9.17, 15) is 4.79 Å². The van der Waals surface area contributed by atoms with Crippen molar-refractivity contribution in [2.24, 2.45) is 0 Å². The van der Waals surface area contributed by atoms with Crippen molar-refractivity contribution >= 4 is 22.5 Å². The summed E-state index contributed by atoms with van der Waals surface area (Å²) in [5.41, 5.74) is 2.80. The van der Waals surface area contributed by atoms with Gasteiger partial charge in [-0.2, -0.15) is 0 Å². The van der Waals surface area contributed by atoms with Crippen LogP contribution in [0.15, 0.2) is 42.7 Å². The lowest BCUT2D eigenvalue weighted by molar-refractivity contribution is 0.0835. The Bertz CT molecular complexity index is 793. The molecule has 0 N–H and O–H groups in total. The zero-order valence-electron chi connectivity index (χ0n) is 14.0. The first kappa shape index (κ1) is 15.1. The Morgan fingerprint density at radius 2 is 1.92 bits per heavy atom. The standard InChI is InChI=1S/C19H22N4O/c1-21-11-13-22(14-12-21)17-7-6-16(15-5-4-8-20-18(15)17)19(24)23-9-2-3-10-23/h2,4-9H,3,10-14H2,1H3. The van der Waals surface area contributed by atoms with E-state index in [0.29, 0.717) is 0 Å². The van der Waals surface area contributed by atoms with Crippen LogP contribution in [-0.2, 0) is 0 Å². The van der Waals surface area contributed by atoms with Crippen molar-refractivity contribution in [2.45, 2.75) is 6.42 Å². The molecule has 0 radical (unpaired) electrons. The van der Waals surface area contributed by atoms with Crippen LogP contribution in [0.1, 0.15) is 16.8 Å². The highest BCUT2D eigenvalue weighted by molar-refractivity contribution is 6.09. The highest BCUT2D eigenvalue weighted by Gasteiger charge is 2.22. The molecule has 1 saturated heterocycles. The number of likely N-dealkylation sites (N-methyl/N-ethyl adjacent to an activating group) is 1. The minimum atomic E-state index is 0.0617. The number of aromatic nitrogens is 1. The number of nitrogens with zero attached hydrogens (tertiary/aromatic N) is 4. The Kier molecular flexibility index (Phi) is 3.94. The summed E-state index contributed by atoms with van der Waals surface area (Å²) in [5.74, 6) is 0.0617. The van der Waals surface area contributed by atoms with E-state index in [-0.39, 0.29) is 5.91 Å². The van der Waals surface area contributed by atoms with Crippen LogP contribution >= 0.6 is 0 Å². The van der Waals surface area contributed by atoms with Crippen LogP contribution in [0.3, 0.4) is 0 Å². The number of rotatable bonds is 2. The van der Waals surface area contributed by atoms with Gasteiger partial charge in [-0.05, 0) is 31.7 Å². The van der Waals surface area contributed by atoms with Crippen molar-refractivity contribution in [3.63, 3.8) is 0 Å². The Morgan fingerprint density at radius 3 is 2.67 bits per heavy atom. The van der Waals surface area contributed by atoms with Crippen molar-refractivity contribution in [2.75, 3.05) is 44.7 Å². The van der Waals surface area contributed by atoms with E-state index in [0.717, 1.165) is 61.3 Å². The summed E-state index contributed by atoms with van der Waals surface area (Å²) < 4.78 is 0. The highest BCUT2D eigenvalue weighted by Crippen LogP contribution is 2.29. The number of carbonyl (C=O) groups is 1. The van der Waals surface area contributed by atoms with Crippen LogP contribution in [0.5, 0.6) is 0 Å². The van der Waals surface area contributed by atoms with Gasteiger partial charge in [-0.15, -0.1) is 0 Å². The van der Waals surface area contributed by atoms with Crippen molar-refractivity contribution in [1.29, 1.82) is 0 Å². The van der Waals surface area contributed by atoms with Crippen molar-refractivity contribution in [3.05, 3.63) is 48.3 Å². The smallest absolute Gasteiger partial charge is 0.258 e. The Labute approximate surface area is 142 Å². The van der Waals surface area contributed by atoms with E-state index in [1.807, 2.05) is 36.7 Å². The summed E-state index contributed by atoms with van der Waals surface area (Å²) in [5, 5.41) is 0.944. The maximum atomic E-state index is 12.8. The number of benzene rings is 1. The summed E-state index contributed by atoms with van der Waals surface area (Å²) in [7, 11) is 2.15. The minimum Gasteiger partial charge on any atom is -0.367 e. The first-order valence-corrected chi connectivity index (χ1v) is 8.53. The number of fused-ring (bicyclic) bond motifs is 1. The fraction of sp³-hybridized carbons (Fsp3) is 0.368. The number of anilines is 1. The predicted octanol–water partition coefficient (Wildman–Crippen LogP) is 2.35. The van der Waals surface area contributed by atoms with E-state index in [2.05, 4.69) is 27.9 Å². The van der Waals surface area contributed by atoms with Gasteiger partial charge < -0.3 is 14.7 Å². The molecule has 3 heterocycles. The van der Waals surface area contributed by atoms with Crippen LogP contribution in [0.25, 0.3) is 10.9 Å². The molecule has 0 aliphatic carbocycles. The van der Waals surface area contributed by atoms with Crippen LogP contribution in [0.2, 0.25) is 0 Å². The van der Waals surface area contributed by atoms with Crippen LogP contribution < -0.4 is 4.90 Å². The third-order valence-electron chi connectivity index (χ3n) is 4.91. The van der Waals surface area contributed by atoms with Crippen molar-refractivity contribution < 1.29 is 4.79 Å². The van der Waals surface area contributed by atoms with E-state index in [1.54, 1.807) is 4.90 Å². The summed E-state index contributed by atoms with van der Waals surface area (Å²) in [4.78, 5) is 23.9. The van der Waals surface area contributed by atoms with Crippen LogP contribution in [0, 0.1) is 0 Å². The Balaban J connectivity index is 1.74. The molecule has 1 aromatic carbocycles. The molecule has 0 bridgehead atoms. The average Bonchev–Trinajstić information content (AvgIpc) is 3.16. The number of amides is 1. The van der Waals surface area contributed by atoms with E-state index in [1.165, 1.54) is 0 Å². The number of carbonyl (C=O) groups excluding carboxylic acids is 1. The molecule has 124 valence electrons. The van der Waals surface area contributed by atoms with Gasteiger partial charge in [-0.1, -0.05) is 12.1 Å². The molecule has 0 saturated carbocycles. The first-order chi connectivity index (χ1) is 11.7. The van der Waals surface area contributed by atoms with Crippen LogP contribution in [-0.4, -0.2) is 60.5 Å². The van der Waals surface area contributed by atoms with Crippen molar-refractivity contribution in [1.82, 2.24) is 14.8 Å². The quantitative estimate of drug-likeness (QED) is 0.851. The summed E-state index contributed by atoms with van der Waals surface area (Å²) in [6.45, 7) is 4.84. The SMILES string of the molecule is CN1CCN(c2ccc(C(=O)N3C=CCC3)c3cccnc23)CC1. The fourth-order valence-corrected chi connectivity index (χ4v) is 3.46. The zero-order valence-corrected chi connectivity index (χ0v) is 14.0. The van der Waals surface area contributed by atoms with Crippen LogP contribution in [0.4, 0.5) is 5.69 Å². The van der Waals surface area contributed by atoms with Gasteiger partial charge >= 0.3 is 0 Å². The molecule has 24 heavy (non-hydrogen) atoms. The molecular weight excluding hydrogens is 300 g/mol. The lowest BCUT2D eigenvalue weighted by Gasteiger charge is -2.34. The Hall–Kier alpha value is -2.40. The van der Waals surface area contributed by atoms with Gasteiger partial charge in [-0.25, -0.2) is 0 Å². The largest absolute Gasteiger partial charge is 0.367 e. The molecule has 0 atom stereocenters. The molecular formula is C19H22N4O. The molecule has 1 amide bonds. The molecule has 4 rings (SSSR count). The van der Waals surface area contributed by atoms with Gasteiger partial charge in [0.1, 0.15) is 0 Å². The molecule has 2 aliphatic rings.